The lowest BCUT2D eigenvalue weighted by Crippen LogP contribution is -2.42. The van der Waals surface area contributed by atoms with Crippen molar-refractivity contribution >= 4 is 17.4 Å². The second-order valence-electron chi connectivity index (χ2n) is 6.97. The first-order valence-corrected chi connectivity index (χ1v) is 8.88. The van der Waals surface area contributed by atoms with Crippen LogP contribution in [0.25, 0.3) is 10.7 Å². The molecule has 1 amide bonds. The largest absolute Gasteiger partial charge is 0.444 e. The van der Waals surface area contributed by atoms with E-state index in [0.717, 1.165) is 22.7 Å². The van der Waals surface area contributed by atoms with Gasteiger partial charge in [-0.05, 0) is 40.5 Å². The molecule has 0 N–H and O–H groups in total. The van der Waals surface area contributed by atoms with Gasteiger partial charge in [0, 0.05) is 19.3 Å². The Hall–Kier alpha value is -1.96. The number of rotatable bonds is 2. The highest BCUT2D eigenvalue weighted by Crippen LogP contribution is 2.29. The minimum atomic E-state index is -0.494. The highest BCUT2D eigenvalue weighted by molar-refractivity contribution is 7.14. The second-order valence-corrected chi connectivity index (χ2v) is 8.20. The number of carbonyl (C=O) groups is 1. The number of likely N-dealkylation sites (tertiary alicyclic amines) is 1. The van der Waals surface area contributed by atoms with E-state index in [1.165, 1.54) is 11.3 Å². The fourth-order valence-electron chi connectivity index (χ4n) is 2.64. The van der Waals surface area contributed by atoms with Crippen molar-refractivity contribution in [3.8, 4) is 10.7 Å². The third-order valence-corrected chi connectivity index (χ3v) is 4.61. The summed E-state index contributed by atoms with van der Waals surface area (Å²) in [5.74, 6) is 1.18. The van der Waals surface area contributed by atoms with Gasteiger partial charge in [0.15, 0.2) is 0 Å². The summed E-state index contributed by atoms with van der Waals surface area (Å²) in [6.07, 6.45) is 3.27. The van der Waals surface area contributed by atoms with Crippen molar-refractivity contribution in [2.75, 3.05) is 13.1 Å². The smallest absolute Gasteiger partial charge is 0.410 e. The molecule has 1 saturated heterocycles. The summed E-state index contributed by atoms with van der Waals surface area (Å²) < 4.78 is 10.9. The Kier molecular flexibility index (Phi) is 4.58. The maximum Gasteiger partial charge on any atom is 0.410 e. The molecule has 0 spiro atoms. The van der Waals surface area contributed by atoms with Gasteiger partial charge in [-0.25, -0.2) is 9.78 Å². The summed E-state index contributed by atoms with van der Waals surface area (Å²) in [5, 5.41) is 5.02. The topological polar surface area (TPSA) is 81.4 Å². The average molecular weight is 350 g/mol. The SMILES string of the molecule is Cc1ncc(-c2noc([C@H]3CCCN(C(=O)OC(C)(C)C)C3)n2)s1. The molecular weight excluding hydrogens is 328 g/mol. The molecule has 24 heavy (non-hydrogen) atoms. The summed E-state index contributed by atoms with van der Waals surface area (Å²) in [6.45, 7) is 8.78. The minimum Gasteiger partial charge on any atom is -0.444 e. The number of nitrogens with zero attached hydrogens (tertiary/aromatic N) is 4. The number of aryl methyl sites for hydroxylation is 1. The fraction of sp³-hybridized carbons (Fsp3) is 0.625. The maximum atomic E-state index is 12.3. The van der Waals surface area contributed by atoms with Gasteiger partial charge >= 0.3 is 6.09 Å². The first kappa shape index (κ1) is 16.9. The monoisotopic (exact) mass is 350 g/mol. The van der Waals surface area contributed by atoms with E-state index >= 15 is 0 Å². The van der Waals surface area contributed by atoms with Gasteiger partial charge in [0.25, 0.3) is 0 Å². The van der Waals surface area contributed by atoms with Crippen LogP contribution in [-0.4, -0.2) is 44.8 Å². The van der Waals surface area contributed by atoms with Gasteiger partial charge in [0.05, 0.1) is 15.8 Å². The molecule has 1 fully saturated rings. The molecular formula is C16H22N4O3S. The summed E-state index contributed by atoms with van der Waals surface area (Å²) >= 11 is 1.53. The Bertz CT molecular complexity index is 719. The quantitative estimate of drug-likeness (QED) is 0.823. The van der Waals surface area contributed by atoms with Gasteiger partial charge < -0.3 is 14.2 Å². The van der Waals surface area contributed by atoms with E-state index in [-0.39, 0.29) is 12.0 Å². The number of piperidine rings is 1. The number of ether oxygens (including phenoxy) is 1. The molecule has 130 valence electrons. The van der Waals surface area contributed by atoms with Crippen LogP contribution in [0.3, 0.4) is 0 Å². The van der Waals surface area contributed by atoms with Gasteiger partial charge in [-0.2, -0.15) is 4.98 Å². The Balaban J connectivity index is 1.69. The normalized spacial score (nSPS) is 18.7. The Morgan fingerprint density at radius 3 is 2.92 bits per heavy atom. The van der Waals surface area contributed by atoms with E-state index < -0.39 is 5.60 Å². The molecule has 0 bridgehead atoms. The number of aromatic nitrogens is 3. The molecule has 0 unspecified atom stereocenters. The van der Waals surface area contributed by atoms with Crippen LogP contribution in [-0.2, 0) is 4.74 Å². The van der Waals surface area contributed by atoms with E-state index in [4.69, 9.17) is 9.26 Å². The first-order chi connectivity index (χ1) is 11.3. The highest BCUT2D eigenvalue weighted by Gasteiger charge is 2.31. The number of thiazole rings is 1. The first-order valence-electron chi connectivity index (χ1n) is 8.06. The number of hydrogen-bond donors (Lipinski definition) is 0. The van der Waals surface area contributed by atoms with E-state index in [2.05, 4.69) is 15.1 Å². The molecule has 8 heteroatoms. The summed E-state index contributed by atoms with van der Waals surface area (Å²) in [4.78, 5) is 23.6. The number of hydrogen-bond acceptors (Lipinski definition) is 7. The van der Waals surface area contributed by atoms with Crippen LogP contribution >= 0.6 is 11.3 Å². The molecule has 3 rings (SSSR count). The van der Waals surface area contributed by atoms with Crippen molar-refractivity contribution in [3.63, 3.8) is 0 Å². The van der Waals surface area contributed by atoms with Crippen molar-refractivity contribution < 1.29 is 14.1 Å². The van der Waals surface area contributed by atoms with Crippen LogP contribution in [0.5, 0.6) is 0 Å². The van der Waals surface area contributed by atoms with Crippen LogP contribution in [0.4, 0.5) is 4.79 Å². The van der Waals surface area contributed by atoms with E-state index in [9.17, 15) is 4.79 Å². The van der Waals surface area contributed by atoms with Crippen LogP contribution in [0.1, 0.15) is 50.4 Å². The van der Waals surface area contributed by atoms with Crippen molar-refractivity contribution in [3.05, 3.63) is 17.1 Å². The highest BCUT2D eigenvalue weighted by atomic mass is 32.1. The van der Waals surface area contributed by atoms with Gasteiger partial charge in [0.2, 0.25) is 11.7 Å². The van der Waals surface area contributed by atoms with Gasteiger partial charge in [0.1, 0.15) is 5.60 Å². The molecule has 0 saturated carbocycles. The average Bonchev–Trinajstić information content (AvgIpc) is 3.14. The fourth-order valence-corrected chi connectivity index (χ4v) is 3.34. The van der Waals surface area contributed by atoms with Crippen molar-refractivity contribution in [2.24, 2.45) is 0 Å². The minimum absolute atomic E-state index is 0.0431. The molecule has 0 aromatic carbocycles. The van der Waals surface area contributed by atoms with E-state index in [1.807, 2.05) is 27.7 Å². The standard InChI is InChI=1S/C16H22N4O3S/c1-10-17-8-12(24-10)13-18-14(23-19-13)11-6-5-7-20(9-11)15(21)22-16(2,3)4/h8,11H,5-7,9H2,1-4H3/t11-/m0/s1. The molecule has 0 radical (unpaired) electrons. The summed E-state index contributed by atoms with van der Waals surface area (Å²) in [5.41, 5.74) is -0.494. The lowest BCUT2D eigenvalue weighted by Gasteiger charge is -2.32. The number of amides is 1. The molecule has 1 aliphatic heterocycles. The lowest BCUT2D eigenvalue weighted by molar-refractivity contribution is 0.0189. The molecule has 3 heterocycles. The van der Waals surface area contributed by atoms with Gasteiger partial charge in [-0.3, -0.25) is 0 Å². The van der Waals surface area contributed by atoms with E-state index in [1.54, 1.807) is 11.1 Å². The Morgan fingerprint density at radius 1 is 1.46 bits per heavy atom. The van der Waals surface area contributed by atoms with E-state index in [0.29, 0.717) is 24.8 Å². The van der Waals surface area contributed by atoms with Crippen molar-refractivity contribution in [1.82, 2.24) is 20.0 Å². The van der Waals surface area contributed by atoms with Gasteiger partial charge in [-0.1, -0.05) is 5.16 Å². The predicted molar refractivity (Wildman–Crippen MR) is 89.9 cm³/mol. The summed E-state index contributed by atoms with van der Waals surface area (Å²) in [7, 11) is 0. The van der Waals surface area contributed by atoms with Crippen molar-refractivity contribution in [1.29, 1.82) is 0 Å². The van der Waals surface area contributed by atoms with Crippen LogP contribution in [0, 0.1) is 6.92 Å². The summed E-state index contributed by atoms with van der Waals surface area (Å²) in [6, 6.07) is 0. The predicted octanol–water partition coefficient (Wildman–Crippen LogP) is 3.62. The van der Waals surface area contributed by atoms with Crippen molar-refractivity contribution in [2.45, 2.75) is 52.1 Å². The third kappa shape index (κ3) is 3.92. The zero-order chi connectivity index (χ0) is 17.3. The molecule has 7 nitrogen and oxygen atoms in total. The Morgan fingerprint density at radius 2 is 2.25 bits per heavy atom. The molecule has 2 aromatic heterocycles. The molecule has 1 aliphatic rings. The van der Waals surface area contributed by atoms with Crippen LogP contribution < -0.4 is 0 Å². The van der Waals surface area contributed by atoms with Gasteiger partial charge in [-0.15, -0.1) is 11.3 Å². The lowest BCUT2D eigenvalue weighted by atomic mass is 9.98. The molecule has 2 aromatic rings. The zero-order valence-electron chi connectivity index (χ0n) is 14.4. The molecule has 0 aliphatic carbocycles. The zero-order valence-corrected chi connectivity index (χ0v) is 15.2. The van der Waals surface area contributed by atoms with Crippen LogP contribution in [0.15, 0.2) is 10.7 Å². The second kappa shape index (κ2) is 6.51. The maximum absolute atomic E-state index is 12.3. The van der Waals surface area contributed by atoms with Crippen LogP contribution in [0.2, 0.25) is 0 Å². The number of carbonyl (C=O) groups excluding carboxylic acids is 1. The Labute approximate surface area is 145 Å². The molecule has 1 atom stereocenters. The third-order valence-electron chi connectivity index (χ3n) is 3.71.